The maximum Gasteiger partial charge on any atom is 0.191 e. The maximum absolute atomic E-state index is 5.37. The molecule has 1 aromatic rings. The number of methoxy groups -OCH3 is 2. The van der Waals surface area contributed by atoms with Crippen molar-refractivity contribution in [2.45, 2.75) is 32.7 Å². The van der Waals surface area contributed by atoms with Crippen molar-refractivity contribution in [3.63, 3.8) is 0 Å². The van der Waals surface area contributed by atoms with Crippen LogP contribution in [-0.4, -0.2) is 52.4 Å². The summed E-state index contributed by atoms with van der Waals surface area (Å²) in [5.74, 6) is 2.55. The largest absolute Gasteiger partial charge is 0.497 e. The van der Waals surface area contributed by atoms with Crippen LogP contribution in [0.4, 0.5) is 5.69 Å². The van der Waals surface area contributed by atoms with Crippen molar-refractivity contribution in [2.75, 3.05) is 45.3 Å². The smallest absolute Gasteiger partial charge is 0.191 e. The molecule has 0 bridgehead atoms. The van der Waals surface area contributed by atoms with Gasteiger partial charge in [0.1, 0.15) is 11.5 Å². The Bertz CT molecular complexity index is 526. The Morgan fingerprint density at radius 1 is 1.21 bits per heavy atom. The van der Waals surface area contributed by atoms with E-state index < -0.39 is 0 Å². The van der Waals surface area contributed by atoms with Gasteiger partial charge in [0.05, 0.1) is 14.2 Å². The van der Waals surface area contributed by atoms with E-state index in [2.05, 4.69) is 46.5 Å². The second-order valence-corrected chi connectivity index (χ2v) is 5.91. The van der Waals surface area contributed by atoms with E-state index in [0.29, 0.717) is 6.04 Å². The van der Waals surface area contributed by atoms with Crippen LogP contribution in [0.1, 0.15) is 26.7 Å². The summed E-state index contributed by atoms with van der Waals surface area (Å²) in [7, 11) is 3.36. The molecule has 1 saturated heterocycles. The predicted octanol–water partition coefficient (Wildman–Crippen LogP) is 2.25. The first-order chi connectivity index (χ1) is 11.7. The number of hydrogen-bond acceptors (Lipinski definition) is 4. The van der Waals surface area contributed by atoms with E-state index in [-0.39, 0.29) is 0 Å². The SMILES string of the molecule is CCCN=C(NCC)NC1CCN(c2cc(OC)cc(OC)c2)C1. The fraction of sp³-hybridized carbons (Fsp3) is 0.611. The van der Waals surface area contributed by atoms with E-state index >= 15 is 0 Å². The minimum atomic E-state index is 0.386. The number of anilines is 1. The van der Waals surface area contributed by atoms with Crippen LogP contribution in [-0.2, 0) is 0 Å². The zero-order chi connectivity index (χ0) is 17.4. The van der Waals surface area contributed by atoms with Crippen LogP contribution < -0.4 is 25.0 Å². The zero-order valence-electron chi connectivity index (χ0n) is 15.3. The van der Waals surface area contributed by atoms with Crippen LogP contribution in [0.5, 0.6) is 11.5 Å². The normalized spacial score (nSPS) is 17.8. The van der Waals surface area contributed by atoms with Crippen molar-refractivity contribution in [3.8, 4) is 11.5 Å². The summed E-state index contributed by atoms with van der Waals surface area (Å²) in [6.07, 6.45) is 2.13. The van der Waals surface area contributed by atoms with Crippen LogP contribution in [0.2, 0.25) is 0 Å². The molecule has 1 heterocycles. The van der Waals surface area contributed by atoms with Gasteiger partial charge in [-0.15, -0.1) is 0 Å². The molecule has 0 spiro atoms. The van der Waals surface area contributed by atoms with E-state index in [1.54, 1.807) is 14.2 Å². The average molecular weight is 334 g/mol. The third-order valence-corrected chi connectivity index (χ3v) is 4.07. The van der Waals surface area contributed by atoms with Gasteiger partial charge in [0.15, 0.2) is 5.96 Å². The van der Waals surface area contributed by atoms with E-state index in [1.807, 2.05) is 6.07 Å². The number of guanidine groups is 1. The lowest BCUT2D eigenvalue weighted by molar-refractivity contribution is 0.394. The molecule has 0 aromatic heterocycles. The average Bonchev–Trinajstić information content (AvgIpc) is 3.08. The number of hydrogen-bond donors (Lipinski definition) is 2. The Labute approximate surface area is 145 Å². The van der Waals surface area contributed by atoms with Gasteiger partial charge in [-0.05, 0) is 19.8 Å². The standard InChI is InChI=1S/C18H30N4O2/c1-5-8-20-18(19-6-2)21-14-7-9-22(13-14)15-10-16(23-3)12-17(11-15)24-4/h10-12,14H,5-9,13H2,1-4H3,(H2,19,20,21). The summed E-state index contributed by atoms with van der Waals surface area (Å²) < 4.78 is 10.7. The van der Waals surface area contributed by atoms with Gasteiger partial charge in [-0.25, -0.2) is 0 Å². The molecule has 0 saturated carbocycles. The fourth-order valence-corrected chi connectivity index (χ4v) is 2.82. The first kappa shape index (κ1) is 18.2. The molecule has 1 aliphatic heterocycles. The molecule has 1 aliphatic rings. The number of nitrogens with zero attached hydrogens (tertiary/aromatic N) is 2. The minimum Gasteiger partial charge on any atom is -0.497 e. The van der Waals surface area contributed by atoms with Crippen molar-refractivity contribution in [2.24, 2.45) is 4.99 Å². The lowest BCUT2D eigenvalue weighted by Crippen LogP contribution is -2.44. The van der Waals surface area contributed by atoms with Gasteiger partial charge in [-0.2, -0.15) is 0 Å². The molecule has 2 rings (SSSR count). The summed E-state index contributed by atoms with van der Waals surface area (Å²) in [6.45, 7) is 7.89. The molecule has 2 N–H and O–H groups in total. The van der Waals surface area contributed by atoms with Gasteiger partial charge in [-0.3, -0.25) is 4.99 Å². The first-order valence-corrected chi connectivity index (χ1v) is 8.73. The number of ether oxygens (including phenoxy) is 2. The van der Waals surface area contributed by atoms with Gasteiger partial charge in [-0.1, -0.05) is 6.92 Å². The van der Waals surface area contributed by atoms with Crippen molar-refractivity contribution in [3.05, 3.63) is 18.2 Å². The lowest BCUT2D eigenvalue weighted by Gasteiger charge is -2.21. The molecule has 1 fully saturated rings. The Hall–Kier alpha value is -2.11. The zero-order valence-corrected chi connectivity index (χ0v) is 15.3. The fourth-order valence-electron chi connectivity index (χ4n) is 2.82. The number of nitrogens with one attached hydrogen (secondary N) is 2. The highest BCUT2D eigenvalue weighted by molar-refractivity contribution is 5.80. The van der Waals surface area contributed by atoms with Gasteiger partial charge in [0.2, 0.25) is 0 Å². The van der Waals surface area contributed by atoms with Gasteiger partial charge in [0.25, 0.3) is 0 Å². The van der Waals surface area contributed by atoms with Crippen molar-refractivity contribution >= 4 is 11.6 Å². The topological polar surface area (TPSA) is 58.1 Å². The molecule has 1 atom stereocenters. The molecular formula is C18H30N4O2. The Kier molecular flexibility index (Phi) is 7.03. The highest BCUT2D eigenvalue weighted by Gasteiger charge is 2.24. The molecule has 6 heteroatoms. The summed E-state index contributed by atoms with van der Waals surface area (Å²) in [5.41, 5.74) is 1.13. The van der Waals surface area contributed by atoms with Crippen LogP contribution in [0.3, 0.4) is 0 Å². The maximum atomic E-state index is 5.37. The van der Waals surface area contributed by atoms with E-state index in [4.69, 9.17) is 9.47 Å². The van der Waals surface area contributed by atoms with Crippen molar-refractivity contribution in [1.29, 1.82) is 0 Å². The molecular weight excluding hydrogens is 304 g/mol. The quantitative estimate of drug-likeness (QED) is 0.592. The molecule has 1 aromatic carbocycles. The number of benzene rings is 1. The summed E-state index contributed by atoms with van der Waals surface area (Å²) in [4.78, 5) is 6.94. The van der Waals surface area contributed by atoms with E-state index in [1.165, 1.54) is 0 Å². The van der Waals surface area contributed by atoms with E-state index in [9.17, 15) is 0 Å². The Balaban J connectivity index is 2.01. The number of aliphatic imine (C=N–C) groups is 1. The van der Waals surface area contributed by atoms with Crippen molar-refractivity contribution < 1.29 is 9.47 Å². The Morgan fingerprint density at radius 3 is 2.50 bits per heavy atom. The molecule has 0 aliphatic carbocycles. The van der Waals surface area contributed by atoms with Gasteiger partial charge < -0.3 is 25.0 Å². The molecule has 0 amide bonds. The second-order valence-electron chi connectivity index (χ2n) is 5.91. The highest BCUT2D eigenvalue weighted by Crippen LogP contribution is 2.30. The van der Waals surface area contributed by atoms with Gasteiger partial charge in [0, 0.05) is 56.1 Å². The van der Waals surface area contributed by atoms with E-state index in [0.717, 1.165) is 62.2 Å². The Morgan fingerprint density at radius 2 is 1.92 bits per heavy atom. The van der Waals surface area contributed by atoms with Crippen LogP contribution in [0.15, 0.2) is 23.2 Å². The monoisotopic (exact) mass is 334 g/mol. The third-order valence-electron chi connectivity index (χ3n) is 4.07. The first-order valence-electron chi connectivity index (χ1n) is 8.73. The predicted molar refractivity (Wildman–Crippen MR) is 99.6 cm³/mol. The second kappa shape index (κ2) is 9.25. The summed E-state index contributed by atoms with van der Waals surface area (Å²) in [6, 6.07) is 6.40. The lowest BCUT2D eigenvalue weighted by atomic mass is 10.2. The summed E-state index contributed by atoms with van der Waals surface area (Å²) >= 11 is 0. The van der Waals surface area contributed by atoms with Crippen LogP contribution >= 0.6 is 0 Å². The molecule has 6 nitrogen and oxygen atoms in total. The molecule has 1 unspecified atom stereocenters. The number of rotatable bonds is 7. The molecule has 24 heavy (non-hydrogen) atoms. The summed E-state index contributed by atoms with van der Waals surface area (Å²) in [5, 5.41) is 6.86. The van der Waals surface area contributed by atoms with Crippen LogP contribution in [0.25, 0.3) is 0 Å². The minimum absolute atomic E-state index is 0.386. The van der Waals surface area contributed by atoms with Crippen molar-refractivity contribution in [1.82, 2.24) is 10.6 Å². The highest BCUT2D eigenvalue weighted by atomic mass is 16.5. The molecule has 134 valence electrons. The van der Waals surface area contributed by atoms with Crippen LogP contribution in [0, 0.1) is 0 Å². The van der Waals surface area contributed by atoms with Gasteiger partial charge >= 0.3 is 0 Å². The molecule has 0 radical (unpaired) electrons. The third kappa shape index (κ3) is 4.94.